The Balaban J connectivity index is 2.63. The number of nitrogens with one attached hydrogen (secondary N) is 1. The summed E-state index contributed by atoms with van der Waals surface area (Å²) in [6, 6.07) is -1.06. The van der Waals surface area contributed by atoms with Gasteiger partial charge in [0.05, 0.1) is 0 Å². The van der Waals surface area contributed by atoms with E-state index in [0.717, 1.165) is 11.1 Å². The van der Waals surface area contributed by atoms with Gasteiger partial charge in [-0.25, -0.2) is 4.79 Å². The first-order chi connectivity index (χ1) is 9.19. The highest BCUT2D eigenvalue weighted by atomic mass is 32.1. The number of thiophene rings is 1. The number of halogens is 3. The highest BCUT2D eigenvalue weighted by molar-refractivity contribution is 7.08. The van der Waals surface area contributed by atoms with E-state index in [1.165, 1.54) is 11.3 Å². The average Bonchev–Trinajstić information content (AvgIpc) is 2.68. The van der Waals surface area contributed by atoms with Crippen LogP contribution in [0.2, 0.25) is 0 Å². The number of nitrogens with zero attached hydrogens (tertiary/aromatic N) is 1. The van der Waals surface area contributed by atoms with Gasteiger partial charge >= 0.3 is 18.2 Å². The first-order valence-corrected chi connectivity index (χ1v) is 6.46. The van der Waals surface area contributed by atoms with Gasteiger partial charge < -0.3 is 15.3 Å². The van der Waals surface area contributed by atoms with Crippen molar-refractivity contribution in [3.63, 3.8) is 0 Å². The zero-order valence-electron chi connectivity index (χ0n) is 10.5. The third-order valence-electron chi connectivity index (χ3n) is 2.38. The van der Waals surface area contributed by atoms with Crippen LogP contribution in [0.4, 0.5) is 18.0 Å². The van der Waals surface area contributed by atoms with E-state index in [4.69, 9.17) is 5.11 Å². The van der Waals surface area contributed by atoms with Crippen molar-refractivity contribution >= 4 is 23.3 Å². The van der Waals surface area contributed by atoms with Gasteiger partial charge in [0.25, 0.3) is 0 Å². The molecule has 0 radical (unpaired) electrons. The smallest absolute Gasteiger partial charge is 0.406 e. The number of hydrogen-bond donors (Lipinski definition) is 2. The molecule has 0 fully saturated rings. The summed E-state index contributed by atoms with van der Waals surface area (Å²) >= 11 is 1.41. The van der Waals surface area contributed by atoms with Crippen molar-refractivity contribution in [2.45, 2.75) is 19.6 Å². The normalized spacial score (nSPS) is 11.2. The number of aliphatic carboxylic acids is 1. The summed E-state index contributed by atoms with van der Waals surface area (Å²) in [5.41, 5.74) is 1.70. The molecule has 1 heterocycles. The van der Waals surface area contributed by atoms with Gasteiger partial charge in [-0.15, -0.1) is 0 Å². The second kappa shape index (κ2) is 6.60. The van der Waals surface area contributed by atoms with E-state index in [9.17, 15) is 22.8 Å². The predicted molar refractivity (Wildman–Crippen MR) is 66.6 cm³/mol. The fourth-order valence-corrected chi connectivity index (χ4v) is 2.29. The molecule has 0 atom stereocenters. The van der Waals surface area contributed by atoms with Crippen molar-refractivity contribution in [2.75, 3.05) is 13.1 Å². The van der Waals surface area contributed by atoms with Crippen molar-refractivity contribution < 1.29 is 27.9 Å². The van der Waals surface area contributed by atoms with Crippen LogP contribution in [0.25, 0.3) is 0 Å². The second-order valence-corrected chi connectivity index (χ2v) is 4.85. The van der Waals surface area contributed by atoms with E-state index in [1.807, 2.05) is 12.3 Å². The minimum atomic E-state index is -4.65. The monoisotopic (exact) mass is 310 g/mol. The second-order valence-electron chi connectivity index (χ2n) is 4.10. The topological polar surface area (TPSA) is 69.6 Å². The fourth-order valence-electron chi connectivity index (χ4n) is 1.43. The Kier molecular flexibility index (Phi) is 5.37. The molecule has 0 bridgehead atoms. The Morgan fingerprint density at radius 2 is 2.05 bits per heavy atom. The van der Waals surface area contributed by atoms with Crippen LogP contribution in [-0.2, 0) is 11.3 Å². The minimum absolute atomic E-state index is 0.0577. The first kappa shape index (κ1) is 16.3. The zero-order chi connectivity index (χ0) is 15.3. The van der Waals surface area contributed by atoms with Gasteiger partial charge in [0, 0.05) is 6.54 Å². The summed E-state index contributed by atoms with van der Waals surface area (Å²) in [6.45, 7) is -0.743. The van der Waals surface area contributed by atoms with Crippen LogP contribution < -0.4 is 5.32 Å². The number of carbonyl (C=O) groups is 2. The predicted octanol–water partition coefficient (Wildman–Crippen LogP) is 2.22. The number of aryl methyl sites for hydroxylation is 1. The Morgan fingerprint density at radius 1 is 1.40 bits per heavy atom. The summed E-state index contributed by atoms with van der Waals surface area (Å²) in [5.74, 6) is -1.50. The molecule has 0 unspecified atom stereocenters. The summed E-state index contributed by atoms with van der Waals surface area (Å²) in [4.78, 5) is 22.3. The fraction of sp³-hybridized carbons (Fsp3) is 0.455. The highest BCUT2D eigenvalue weighted by Gasteiger charge is 2.33. The SMILES string of the molecule is Cc1cscc1CNC(=O)N(CC(=O)O)CC(F)(F)F. The van der Waals surface area contributed by atoms with E-state index < -0.39 is 31.3 Å². The van der Waals surface area contributed by atoms with Crippen molar-refractivity contribution in [3.8, 4) is 0 Å². The largest absolute Gasteiger partial charge is 0.480 e. The van der Waals surface area contributed by atoms with Crippen LogP contribution in [0.1, 0.15) is 11.1 Å². The number of amides is 2. The lowest BCUT2D eigenvalue weighted by Gasteiger charge is -2.22. The Bertz CT molecular complexity index is 488. The summed E-state index contributed by atoms with van der Waals surface area (Å²) < 4.78 is 36.8. The number of carboxylic acids is 1. The number of carbonyl (C=O) groups excluding carboxylic acids is 1. The first-order valence-electron chi connectivity index (χ1n) is 5.52. The maximum Gasteiger partial charge on any atom is 0.406 e. The lowest BCUT2D eigenvalue weighted by Crippen LogP contribution is -2.46. The van der Waals surface area contributed by atoms with Crippen LogP contribution >= 0.6 is 11.3 Å². The van der Waals surface area contributed by atoms with Gasteiger partial charge in [-0.05, 0) is 28.8 Å². The van der Waals surface area contributed by atoms with Crippen LogP contribution in [0, 0.1) is 6.92 Å². The quantitative estimate of drug-likeness (QED) is 0.876. The van der Waals surface area contributed by atoms with Crippen LogP contribution in [0.3, 0.4) is 0 Å². The summed E-state index contributed by atoms with van der Waals surface area (Å²) in [5, 5.41) is 14.4. The number of carboxylic acid groups (broad SMARTS) is 1. The zero-order valence-corrected chi connectivity index (χ0v) is 11.3. The van der Waals surface area contributed by atoms with Crippen LogP contribution in [-0.4, -0.2) is 41.3 Å². The molecule has 0 saturated carbocycles. The van der Waals surface area contributed by atoms with E-state index in [-0.39, 0.29) is 11.4 Å². The molecule has 9 heteroatoms. The molecule has 1 rings (SSSR count). The van der Waals surface area contributed by atoms with E-state index >= 15 is 0 Å². The molecule has 5 nitrogen and oxygen atoms in total. The lowest BCUT2D eigenvalue weighted by molar-refractivity contribution is -0.148. The molecule has 1 aromatic heterocycles. The molecule has 0 spiro atoms. The molecule has 0 saturated heterocycles. The standard InChI is InChI=1S/C11H13F3N2O3S/c1-7-4-20-5-8(7)2-15-10(19)16(3-9(17)18)6-11(12,13)14/h4-5H,2-3,6H2,1H3,(H,15,19)(H,17,18). The molecule has 112 valence electrons. The van der Waals surface area contributed by atoms with Gasteiger partial charge in [-0.1, -0.05) is 0 Å². The molecular weight excluding hydrogens is 297 g/mol. The summed E-state index contributed by atoms with van der Waals surface area (Å²) in [6.07, 6.45) is -4.65. The maximum atomic E-state index is 12.3. The molecule has 0 aromatic carbocycles. The molecule has 20 heavy (non-hydrogen) atoms. The minimum Gasteiger partial charge on any atom is -0.480 e. The Hall–Kier alpha value is -1.77. The van der Waals surface area contributed by atoms with Gasteiger partial charge in [-0.2, -0.15) is 24.5 Å². The number of rotatable bonds is 5. The average molecular weight is 310 g/mol. The maximum absolute atomic E-state index is 12.3. The van der Waals surface area contributed by atoms with Crippen molar-refractivity contribution in [1.29, 1.82) is 0 Å². The number of hydrogen-bond acceptors (Lipinski definition) is 3. The van der Waals surface area contributed by atoms with Crippen molar-refractivity contribution in [1.82, 2.24) is 10.2 Å². The van der Waals surface area contributed by atoms with Crippen LogP contribution in [0.5, 0.6) is 0 Å². The molecule has 0 aliphatic carbocycles. The van der Waals surface area contributed by atoms with E-state index in [2.05, 4.69) is 5.32 Å². The van der Waals surface area contributed by atoms with Crippen LogP contribution in [0.15, 0.2) is 10.8 Å². The number of urea groups is 1. The van der Waals surface area contributed by atoms with Crippen molar-refractivity contribution in [3.05, 3.63) is 21.9 Å². The van der Waals surface area contributed by atoms with Gasteiger partial charge in [0.2, 0.25) is 0 Å². The lowest BCUT2D eigenvalue weighted by atomic mass is 10.2. The number of alkyl halides is 3. The third kappa shape index (κ3) is 5.47. The highest BCUT2D eigenvalue weighted by Crippen LogP contribution is 2.17. The van der Waals surface area contributed by atoms with E-state index in [1.54, 1.807) is 5.38 Å². The van der Waals surface area contributed by atoms with Crippen molar-refractivity contribution in [2.24, 2.45) is 0 Å². The molecule has 0 aliphatic rings. The third-order valence-corrected chi connectivity index (χ3v) is 3.29. The van der Waals surface area contributed by atoms with Gasteiger partial charge in [0.1, 0.15) is 13.1 Å². The van der Waals surface area contributed by atoms with Gasteiger partial charge in [-0.3, -0.25) is 4.79 Å². The molecule has 2 N–H and O–H groups in total. The Morgan fingerprint density at radius 3 is 2.50 bits per heavy atom. The molecule has 0 aliphatic heterocycles. The Labute approximate surface area is 117 Å². The van der Waals surface area contributed by atoms with Gasteiger partial charge in [0.15, 0.2) is 0 Å². The molecule has 1 aromatic rings. The van der Waals surface area contributed by atoms with E-state index in [0.29, 0.717) is 0 Å². The molecular formula is C11H13F3N2O3S. The molecule has 2 amide bonds. The summed E-state index contributed by atoms with van der Waals surface area (Å²) in [7, 11) is 0.